The van der Waals surface area contributed by atoms with Gasteiger partial charge in [0.15, 0.2) is 0 Å². The Morgan fingerprint density at radius 2 is 2.22 bits per heavy atom. The van der Waals surface area contributed by atoms with Gasteiger partial charge in [0.2, 0.25) is 0 Å². The topological polar surface area (TPSA) is 12.0 Å². The van der Waals surface area contributed by atoms with Crippen LogP contribution in [0.3, 0.4) is 0 Å². The summed E-state index contributed by atoms with van der Waals surface area (Å²) in [7, 11) is 1.91. The molecule has 18 heavy (non-hydrogen) atoms. The maximum atomic E-state index is 13.5. The van der Waals surface area contributed by atoms with E-state index in [0.717, 1.165) is 18.4 Å². The molecule has 0 fully saturated rings. The zero-order chi connectivity index (χ0) is 13.0. The normalized spacial score (nSPS) is 12.6. The van der Waals surface area contributed by atoms with Gasteiger partial charge in [0.25, 0.3) is 0 Å². The molecule has 1 atom stereocenters. The summed E-state index contributed by atoms with van der Waals surface area (Å²) in [5.74, 6) is -0.205. The lowest BCUT2D eigenvalue weighted by molar-refractivity contribution is 0.541. The predicted molar refractivity (Wildman–Crippen MR) is 78.5 cm³/mol. The Kier molecular flexibility index (Phi) is 4.92. The number of aryl methyl sites for hydroxylation is 1. The molecule has 1 N–H and O–H groups in total. The van der Waals surface area contributed by atoms with Crippen molar-refractivity contribution in [1.82, 2.24) is 5.32 Å². The van der Waals surface area contributed by atoms with E-state index in [1.165, 1.54) is 5.56 Å². The minimum Gasteiger partial charge on any atom is -0.313 e. The first-order valence-electron chi connectivity index (χ1n) is 5.84. The summed E-state index contributed by atoms with van der Waals surface area (Å²) in [5, 5.41) is 7.50. The van der Waals surface area contributed by atoms with Gasteiger partial charge in [0, 0.05) is 6.04 Å². The molecule has 1 aromatic carbocycles. The summed E-state index contributed by atoms with van der Waals surface area (Å²) < 4.78 is 14.0. The van der Waals surface area contributed by atoms with Gasteiger partial charge in [-0.05, 0) is 75.9 Å². The summed E-state index contributed by atoms with van der Waals surface area (Å²) >= 11 is 4.89. The van der Waals surface area contributed by atoms with E-state index in [1.54, 1.807) is 23.5 Å². The van der Waals surface area contributed by atoms with Crippen molar-refractivity contribution in [2.45, 2.75) is 18.9 Å². The molecular weight excluding hydrogens is 313 g/mol. The van der Waals surface area contributed by atoms with Gasteiger partial charge in [0.1, 0.15) is 5.82 Å². The molecule has 0 aliphatic heterocycles. The zero-order valence-corrected chi connectivity index (χ0v) is 12.5. The number of hydrogen-bond donors (Lipinski definition) is 1. The van der Waals surface area contributed by atoms with Crippen LogP contribution in [0.25, 0.3) is 0 Å². The lowest BCUT2D eigenvalue weighted by atomic mass is 10.0. The second-order valence-corrected chi connectivity index (χ2v) is 5.82. The third kappa shape index (κ3) is 3.40. The van der Waals surface area contributed by atoms with Crippen LogP contribution in [0.2, 0.25) is 0 Å². The van der Waals surface area contributed by atoms with Gasteiger partial charge in [-0.2, -0.15) is 11.3 Å². The summed E-state index contributed by atoms with van der Waals surface area (Å²) in [6, 6.07) is 7.65. The average molecular weight is 328 g/mol. The lowest BCUT2D eigenvalue weighted by Gasteiger charge is -2.16. The van der Waals surface area contributed by atoms with Crippen molar-refractivity contribution in [3.8, 4) is 0 Å². The summed E-state index contributed by atoms with van der Waals surface area (Å²) in [6.07, 6.45) is 1.97. The number of benzene rings is 1. The van der Waals surface area contributed by atoms with Gasteiger partial charge >= 0.3 is 0 Å². The van der Waals surface area contributed by atoms with Gasteiger partial charge in [-0.25, -0.2) is 4.39 Å². The molecule has 1 heterocycles. The SMILES string of the molecule is CNC(CCc1ccsc1)c1ccc(Br)c(F)c1. The molecule has 0 aliphatic rings. The smallest absolute Gasteiger partial charge is 0.137 e. The average Bonchev–Trinajstić information content (AvgIpc) is 2.87. The molecule has 1 unspecified atom stereocenters. The molecule has 0 bridgehead atoms. The molecule has 4 heteroatoms. The molecule has 1 nitrogen and oxygen atoms in total. The summed E-state index contributed by atoms with van der Waals surface area (Å²) in [4.78, 5) is 0. The van der Waals surface area contributed by atoms with Crippen molar-refractivity contribution < 1.29 is 4.39 Å². The summed E-state index contributed by atoms with van der Waals surface area (Å²) in [6.45, 7) is 0. The van der Waals surface area contributed by atoms with E-state index in [0.29, 0.717) is 4.47 Å². The molecule has 0 spiro atoms. The lowest BCUT2D eigenvalue weighted by Crippen LogP contribution is -2.17. The van der Waals surface area contributed by atoms with Gasteiger partial charge in [-0.1, -0.05) is 6.07 Å². The van der Waals surface area contributed by atoms with Crippen LogP contribution in [0.4, 0.5) is 4.39 Å². The number of thiophene rings is 1. The first kappa shape index (κ1) is 13.7. The van der Waals surface area contributed by atoms with Crippen LogP contribution in [0.1, 0.15) is 23.6 Å². The van der Waals surface area contributed by atoms with Gasteiger partial charge in [0.05, 0.1) is 4.47 Å². The predicted octanol–water partition coefficient (Wildman–Crippen LogP) is 4.54. The minimum absolute atomic E-state index is 0.187. The molecule has 0 saturated carbocycles. The third-order valence-corrected chi connectivity index (χ3v) is 4.37. The Labute approximate surface area is 119 Å². The zero-order valence-electron chi connectivity index (χ0n) is 10.1. The van der Waals surface area contributed by atoms with E-state index in [-0.39, 0.29) is 11.9 Å². The highest BCUT2D eigenvalue weighted by molar-refractivity contribution is 9.10. The minimum atomic E-state index is -0.205. The fraction of sp³-hybridized carbons (Fsp3) is 0.286. The fourth-order valence-electron chi connectivity index (χ4n) is 1.95. The van der Waals surface area contributed by atoms with E-state index in [9.17, 15) is 4.39 Å². The van der Waals surface area contributed by atoms with Crippen LogP contribution in [-0.2, 0) is 6.42 Å². The van der Waals surface area contributed by atoms with E-state index in [4.69, 9.17) is 0 Å². The van der Waals surface area contributed by atoms with Crippen LogP contribution >= 0.6 is 27.3 Å². The van der Waals surface area contributed by atoms with Gasteiger partial charge in [-0.15, -0.1) is 0 Å². The Morgan fingerprint density at radius 3 is 2.83 bits per heavy atom. The van der Waals surface area contributed by atoms with Crippen LogP contribution in [0.15, 0.2) is 39.5 Å². The Morgan fingerprint density at radius 1 is 1.39 bits per heavy atom. The van der Waals surface area contributed by atoms with E-state index < -0.39 is 0 Å². The number of hydrogen-bond acceptors (Lipinski definition) is 2. The first-order chi connectivity index (χ1) is 8.70. The van der Waals surface area contributed by atoms with E-state index >= 15 is 0 Å². The second kappa shape index (κ2) is 6.45. The first-order valence-corrected chi connectivity index (χ1v) is 7.57. The van der Waals surface area contributed by atoms with Crippen molar-refractivity contribution in [1.29, 1.82) is 0 Å². The highest BCUT2D eigenvalue weighted by Gasteiger charge is 2.11. The molecule has 96 valence electrons. The molecule has 2 rings (SSSR count). The Balaban J connectivity index is 2.05. The van der Waals surface area contributed by atoms with Crippen molar-refractivity contribution in [2.24, 2.45) is 0 Å². The quantitative estimate of drug-likeness (QED) is 0.849. The standard InChI is InChI=1S/C14H15BrFNS/c1-17-14(5-2-10-6-7-18-9-10)11-3-4-12(15)13(16)8-11/h3-4,6-9,14,17H,2,5H2,1H3. The highest BCUT2D eigenvalue weighted by atomic mass is 79.9. The fourth-order valence-corrected chi connectivity index (χ4v) is 2.90. The molecule has 2 aromatic rings. The van der Waals surface area contributed by atoms with Crippen molar-refractivity contribution in [3.05, 3.63) is 56.4 Å². The Hall–Kier alpha value is -0.710. The Bertz CT molecular complexity index is 499. The van der Waals surface area contributed by atoms with Gasteiger partial charge in [-0.3, -0.25) is 0 Å². The van der Waals surface area contributed by atoms with Crippen LogP contribution in [-0.4, -0.2) is 7.05 Å². The van der Waals surface area contributed by atoms with Crippen LogP contribution in [0.5, 0.6) is 0 Å². The maximum absolute atomic E-state index is 13.5. The molecule has 0 radical (unpaired) electrons. The van der Waals surface area contributed by atoms with Crippen molar-refractivity contribution in [2.75, 3.05) is 7.05 Å². The monoisotopic (exact) mass is 327 g/mol. The van der Waals surface area contributed by atoms with E-state index in [2.05, 4.69) is 38.1 Å². The highest BCUT2D eigenvalue weighted by Crippen LogP contribution is 2.24. The van der Waals surface area contributed by atoms with Gasteiger partial charge < -0.3 is 5.32 Å². The van der Waals surface area contributed by atoms with Crippen molar-refractivity contribution in [3.63, 3.8) is 0 Å². The van der Waals surface area contributed by atoms with Crippen LogP contribution < -0.4 is 5.32 Å². The van der Waals surface area contributed by atoms with Crippen molar-refractivity contribution >= 4 is 27.3 Å². The molecular formula is C14H15BrFNS. The number of halogens is 2. The molecule has 1 aromatic heterocycles. The van der Waals surface area contributed by atoms with E-state index in [1.807, 2.05) is 13.1 Å². The largest absolute Gasteiger partial charge is 0.313 e. The number of nitrogens with one attached hydrogen (secondary N) is 1. The molecule has 0 saturated heterocycles. The summed E-state index contributed by atoms with van der Waals surface area (Å²) in [5.41, 5.74) is 2.34. The maximum Gasteiger partial charge on any atom is 0.137 e. The number of rotatable bonds is 5. The second-order valence-electron chi connectivity index (χ2n) is 4.19. The molecule has 0 amide bonds. The molecule has 0 aliphatic carbocycles. The van der Waals surface area contributed by atoms with Crippen LogP contribution in [0, 0.1) is 5.82 Å². The third-order valence-electron chi connectivity index (χ3n) is 3.00.